The molecule has 2 N–H and O–H groups in total. The van der Waals surface area contributed by atoms with E-state index in [0.717, 1.165) is 16.7 Å². The number of nitrogens with zero attached hydrogens (tertiary/aromatic N) is 1. The molecule has 0 bridgehead atoms. The third-order valence-corrected chi connectivity index (χ3v) is 2.15. The van der Waals surface area contributed by atoms with E-state index in [1.807, 2.05) is 26.0 Å². The number of rotatable bonds is 4. The van der Waals surface area contributed by atoms with Crippen LogP contribution in [0.4, 0.5) is 0 Å². The average Bonchev–Trinajstić information content (AvgIpc) is 2.24. The van der Waals surface area contributed by atoms with Crippen LogP contribution in [0.3, 0.4) is 0 Å². The molecule has 1 aromatic heterocycles. The minimum atomic E-state index is 0.165. The van der Waals surface area contributed by atoms with Crippen LogP contribution in [0.25, 0.3) is 0 Å². The van der Waals surface area contributed by atoms with Gasteiger partial charge in [0.1, 0.15) is 4.60 Å². The molecule has 0 aliphatic heterocycles. The third-order valence-electron chi connectivity index (χ3n) is 1.44. The molecule has 0 aliphatic carbocycles. The predicted molar refractivity (Wildman–Crippen MR) is 62.1 cm³/mol. The fourth-order valence-corrected chi connectivity index (χ4v) is 1.24. The molecule has 0 aliphatic rings. The fourth-order valence-electron chi connectivity index (χ4n) is 0.853. The van der Waals surface area contributed by atoms with Crippen LogP contribution < -0.4 is 5.32 Å². The maximum atomic E-state index is 8.52. The van der Waals surface area contributed by atoms with Gasteiger partial charge >= 0.3 is 0 Å². The molecule has 0 radical (unpaired) electrons. The largest absolute Gasteiger partial charge is 0.395 e. The highest BCUT2D eigenvalue weighted by atomic mass is 79.9. The van der Waals surface area contributed by atoms with Crippen molar-refractivity contribution in [1.29, 1.82) is 0 Å². The van der Waals surface area contributed by atoms with E-state index in [9.17, 15) is 0 Å². The lowest BCUT2D eigenvalue weighted by molar-refractivity contribution is 0.292. The molecule has 0 atom stereocenters. The summed E-state index contributed by atoms with van der Waals surface area (Å²) in [4.78, 5) is 4.07. The van der Waals surface area contributed by atoms with Crippen molar-refractivity contribution in [2.45, 2.75) is 20.4 Å². The second-order valence-corrected chi connectivity index (χ2v) is 3.10. The highest BCUT2D eigenvalue weighted by molar-refractivity contribution is 9.10. The van der Waals surface area contributed by atoms with Crippen LogP contribution in [0.15, 0.2) is 22.9 Å². The normalized spacial score (nSPS) is 9.14. The molecular formula is C10H17BrN2O. The lowest BCUT2D eigenvalue weighted by Crippen LogP contribution is -2.17. The summed E-state index contributed by atoms with van der Waals surface area (Å²) in [5.74, 6) is 0. The molecule has 0 aromatic carbocycles. The Morgan fingerprint density at radius 2 is 2.21 bits per heavy atom. The summed E-state index contributed by atoms with van der Waals surface area (Å²) >= 11 is 3.33. The molecule has 0 saturated heterocycles. The number of aliphatic hydroxyl groups is 1. The van der Waals surface area contributed by atoms with Crippen molar-refractivity contribution in [2.24, 2.45) is 0 Å². The minimum absolute atomic E-state index is 0.165. The lowest BCUT2D eigenvalue weighted by atomic mass is 10.3. The molecule has 1 heterocycles. The van der Waals surface area contributed by atoms with Gasteiger partial charge in [0, 0.05) is 19.3 Å². The summed E-state index contributed by atoms with van der Waals surface area (Å²) in [5, 5.41) is 11.6. The second kappa shape index (κ2) is 9.12. The van der Waals surface area contributed by atoms with Crippen molar-refractivity contribution in [1.82, 2.24) is 10.3 Å². The van der Waals surface area contributed by atoms with Crippen LogP contribution in [0.5, 0.6) is 0 Å². The Kier molecular flexibility index (Phi) is 8.83. The molecule has 3 nitrogen and oxygen atoms in total. The number of nitrogens with one attached hydrogen (secondary N) is 1. The molecule has 0 saturated carbocycles. The van der Waals surface area contributed by atoms with Gasteiger partial charge in [-0.15, -0.1) is 0 Å². The Bertz CT molecular complexity index is 243. The first-order valence-corrected chi connectivity index (χ1v) is 5.55. The van der Waals surface area contributed by atoms with Gasteiger partial charge in [0.2, 0.25) is 0 Å². The van der Waals surface area contributed by atoms with Gasteiger partial charge in [-0.1, -0.05) is 19.9 Å². The summed E-state index contributed by atoms with van der Waals surface area (Å²) in [6.45, 7) is 5.51. The maximum Gasteiger partial charge on any atom is 0.110 e. The highest BCUT2D eigenvalue weighted by Crippen LogP contribution is 2.11. The van der Waals surface area contributed by atoms with Crippen LogP contribution in [-0.4, -0.2) is 23.2 Å². The summed E-state index contributed by atoms with van der Waals surface area (Å²) < 4.78 is 0.857. The first kappa shape index (κ1) is 13.5. The first-order valence-electron chi connectivity index (χ1n) is 4.75. The SMILES string of the molecule is CC.OCCNCc1cccnc1Br. The Hall–Kier alpha value is -0.450. The van der Waals surface area contributed by atoms with E-state index in [1.165, 1.54) is 0 Å². The number of hydrogen-bond acceptors (Lipinski definition) is 3. The van der Waals surface area contributed by atoms with Crippen molar-refractivity contribution in [3.8, 4) is 0 Å². The van der Waals surface area contributed by atoms with E-state index in [2.05, 4.69) is 26.2 Å². The van der Waals surface area contributed by atoms with Gasteiger partial charge in [-0.25, -0.2) is 4.98 Å². The van der Waals surface area contributed by atoms with Crippen molar-refractivity contribution in [3.05, 3.63) is 28.5 Å². The van der Waals surface area contributed by atoms with Crippen molar-refractivity contribution >= 4 is 15.9 Å². The summed E-state index contributed by atoms with van der Waals surface area (Å²) in [6.07, 6.45) is 1.74. The molecule has 1 aromatic rings. The van der Waals surface area contributed by atoms with Gasteiger partial charge < -0.3 is 10.4 Å². The van der Waals surface area contributed by atoms with Gasteiger partial charge in [0.05, 0.1) is 6.61 Å². The molecule has 14 heavy (non-hydrogen) atoms. The minimum Gasteiger partial charge on any atom is -0.395 e. The Morgan fingerprint density at radius 1 is 1.50 bits per heavy atom. The molecule has 4 heteroatoms. The zero-order valence-electron chi connectivity index (χ0n) is 8.63. The molecule has 0 spiro atoms. The molecule has 80 valence electrons. The van der Waals surface area contributed by atoms with E-state index in [4.69, 9.17) is 5.11 Å². The van der Waals surface area contributed by atoms with Crippen LogP contribution in [0.2, 0.25) is 0 Å². The number of halogens is 1. The smallest absolute Gasteiger partial charge is 0.110 e. The van der Waals surface area contributed by atoms with E-state index in [-0.39, 0.29) is 6.61 Å². The number of aliphatic hydroxyl groups excluding tert-OH is 1. The summed E-state index contributed by atoms with van der Waals surface area (Å²) in [5.41, 5.74) is 1.10. The predicted octanol–water partition coefficient (Wildman–Crippen LogP) is 1.95. The third kappa shape index (κ3) is 5.32. The Morgan fingerprint density at radius 3 is 2.79 bits per heavy atom. The summed E-state index contributed by atoms with van der Waals surface area (Å²) in [7, 11) is 0. The van der Waals surface area contributed by atoms with Gasteiger partial charge in [0.15, 0.2) is 0 Å². The fraction of sp³-hybridized carbons (Fsp3) is 0.500. The van der Waals surface area contributed by atoms with Gasteiger partial charge in [-0.2, -0.15) is 0 Å². The zero-order valence-corrected chi connectivity index (χ0v) is 10.2. The number of hydrogen-bond donors (Lipinski definition) is 2. The van der Waals surface area contributed by atoms with E-state index < -0.39 is 0 Å². The van der Waals surface area contributed by atoms with Crippen LogP contribution in [-0.2, 0) is 6.54 Å². The van der Waals surface area contributed by atoms with Crippen molar-refractivity contribution in [3.63, 3.8) is 0 Å². The van der Waals surface area contributed by atoms with E-state index in [1.54, 1.807) is 6.20 Å². The standard InChI is InChI=1S/C8H11BrN2O.C2H6/c9-8-7(2-1-3-11-8)6-10-4-5-12;1-2/h1-3,10,12H,4-6H2;1-2H3. The average molecular weight is 261 g/mol. The quantitative estimate of drug-likeness (QED) is 0.643. The van der Waals surface area contributed by atoms with Gasteiger partial charge in [-0.3, -0.25) is 0 Å². The van der Waals surface area contributed by atoms with Gasteiger partial charge in [0.25, 0.3) is 0 Å². The molecule has 0 unspecified atom stereocenters. The second-order valence-electron chi connectivity index (χ2n) is 2.35. The van der Waals surface area contributed by atoms with Gasteiger partial charge in [-0.05, 0) is 27.6 Å². The lowest BCUT2D eigenvalue weighted by Gasteiger charge is -2.03. The monoisotopic (exact) mass is 260 g/mol. The molecule has 1 rings (SSSR count). The maximum absolute atomic E-state index is 8.52. The van der Waals surface area contributed by atoms with E-state index >= 15 is 0 Å². The van der Waals surface area contributed by atoms with Crippen LogP contribution in [0, 0.1) is 0 Å². The Labute approximate surface area is 93.7 Å². The molecular weight excluding hydrogens is 244 g/mol. The van der Waals surface area contributed by atoms with Crippen LogP contribution in [0.1, 0.15) is 19.4 Å². The topological polar surface area (TPSA) is 45.1 Å². The highest BCUT2D eigenvalue weighted by Gasteiger charge is 1.97. The summed E-state index contributed by atoms with van der Waals surface area (Å²) in [6, 6.07) is 3.88. The zero-order chi connectivity index (χ0) is 10.8. The van der Waals surface area contributed by atoms with Crippen molar-refractivity contribution < 1.29 is 5.11 Å². The molecule has 0 amide bonds. The van der Waals surface area contributed by atoms with Crippen LogP contribution >= 0.6 is 15.9 Å². The number of pyridine rings is 1. The molecule has 0 fully saturated rings. The first-order chi connectivity index (χ1) is 6.84. The Balaban J connectivity index is 0.000000791. The van der Waals surface area contributed by atoms with E-state index in [0.29, 0.717) is 6.54 Å². The van der Waals surface area contributed by atoms with Crippen molar-refractivity contribution in [2.75, 3.05) is 13.2 Å². The number of aromatic nitrogens is 1.